The van der Waals surface area contributed by atoms with E-state index >= 15 is 0 Å². The third-order valence-corrected chi connectivity index (χ3v) is 7.95. The summed E-state index contributed by atoms with van der Waals surface area (Å²) in [5.41, 5.74) is 1.29. The van der Waals surface area contributed by atoms with Crippen molar-refractivity contribution in [1.82, 2.24) is 4.90 Å². The van der Waals surface area contributed by atoms with Crippen molar-refractivity contribution in [3.8, 4) is 17.2 Å². The predicted molar refractivity (Wildman–Crippen MR) is 151 cm³/mol. The molecule has 1 saturated carbocycles. The number of nitriles is 1. The van der Waals surface area contributed by atoms with Gasteiger partial charge in [-0.3, -0.25) is 4.90 Å². The molecule has 0 unspecified atom stereocenters. The lowest BCUT2D eigenvalue weighted by molar-refractivity contribution is -0.139. The fraction of sp³-hybridized carbons (Fsp3) is 0.375. The molecule has 3 aromatic rings. The van der Waals surface area contributed by atoms with Crippen LogP contribution in [-0.4, -0.2) is 37.1 Å². The third-order valence-electron chi connectivity index (χ3n) is 7.95. The summed E-state index contributed by atoms with van der Waals surface area (Å²) in [6, 6.07) is 18.5. The van der Waals surface area contributed by atoms with Crippen LogP contribution in [-0.2, 0) is 6.18 Å². The first-order valence-corrected chi connectivity index (χ1v) is 14.0. The summed E-state index contributed by atoms with van der Waals surface area (Å²) in [4.78, 5) is 17.5. The summed E-state index contributed by atoms with van der Waals surface area (Å²) in [6.45, 7) is 3.64. The lowest BCUT2D eigenvalue weighted by Gasteiger charge is -2.33. The predicted octanol–water partition coefficient (Wildman–Crippen LogP) is 7.93. The Labute approximate surface area is 237 Å². The van der Waals surface area contributed by atoms with Gasteiger partial charge in [0.1, 0.15) is 5.82 Å². The molecule has 41 heavy (non-hydrogen) atoms. The van der Waals surface area contributed by atoms with Crippen LogP contribution in [0.25, 0.3) is 11.1 Å². The summed E-state index contributed by atoms with van der Waals surface area (Å²) >= 11 is 0. The van der Waals surface area contributed by atoms with E-state index in [2.05, 4.69) is 16.3 Å². The number of rotatable bonds is 8. The number of nitrogens with zero attached hydrogens (tertiary/aromatic N) is 3. The van der Waals surface area contributed by atoms with Crippen molar-refractivity contribution in [3.63, 3.8) is 0 Å². The van der Waals surface area contributed by atoms with Gasteiger partial charge in [0.2, 0.25) is 0 Å². The molecular formula is C32H32F4N4O. The summed E-state index contributed by atoms with van der Waals surface area (Å²) < 4.78 is 53.6. The van der Waals surface area contributed by atoms with E-state index in [1.165, 1.54) is 24.3 Å². The Bertz CT molecular complexity index is 1400. The average Bonchev–Trinajstić information content (AvgIpc) is 3.79. The second kappa shape index (κ2) is 12.3. The number of likely N-dealkylation sites (tertiary alicyclic amines) is 1. The van der Waals surface area contributed by atoms with Gasteiger partial charge in [-0.1, -0.05) is 24.3 Å². The molecule has 5 rings (SSSR count). The van der Waals surface area contributed by atoms with Crippen molar-refractivity contribution in [2.75, 3.05) is 36.4 Å². The number of anilines is 2. The lowest BCUT2D eigenvalue weighted by atomic mass is 9.93. The first kappa shape index (κ1) is 28.6. The Kier molecular flexibility index (Phi) is 8.60. The quantitative estimate of drug-likeness (QED) is 0.283. The van der Waals surface area contributed by atoms with Crippen LogP contribution in [0, 0.1) is 29.0 Å². The number of carbonyl (C=O) groups is 1. The number of hydrogen-bond acceptors (Lipinski definition) is 3. The molecule has 9 heteroatoms. The first-order chi connectivity index (χ1) is 19.7. The Morgan fingerprint density at radius 2 is 1.68 bits per heavy atom. The number of piperidine rings is 1. The van der Waals surface area contributed by atoms with Crippen LogP contribution in [0.15, 0.2) is 66.7 Å². The molecule has 5 nitrogen and oxygen atoms in total. The van der Waals surface area contributed by atoms with E-state index in [1.807, 2.05) is 18.2 Å². The molecule has 1 N–H and O–H groups in total. The van der Waals surface area contributed by atoms with E-state index in [0.717, 1.165) is 55.5 Å². The minimum Gasteiger partial charge on any atom is -0.308 e. The first-order valence-electron chi connectivity index (χ1n) is 14.0. The molecule has 1 heterocycles. The fourth-order valence-corrected chi connectivity index (χ4v) is 5.40. The van der Waals surface area contributed by atoms with Crippen LogP contribution in [0.4, 0.5) is 33.7 Å². The Balaban J connectivity index is 1.32. The van der Waals surface area contributed by atoms with Crippen molar-refractivity contribution in [2.24, 2.45) is 11.8 Å². The van der Waals surface area contributed by atoms with Crippen molar-refractivity contribution in [1.29, 1.82) is 5.26 Å². The van der Waals surface area contributed by atoms with Gasteiger partial charge in [-0.15, -0.1) is 0 Å². The molecule has 0 radical (unpaired) electrons. The number of alkyl halides is 3. The zero-order valence-corrected chi connectivity index (χ0v) is 22.6. The van der Waals surface area contributed by atoms with E-state index in [9.17, 15) is 27.6 Å². The molecule has 0 bridgehead atoms. The Hall–Kier alpha value is -3.90. The standard InChI is InChI=1S/C32H32F4N4O/c33-30-11-8-27(19-29(30)32(34,35)36)38-31(41)40(17-14-22-12-15-39(16-13-22)21-23-4-5-23)28-9-6-25(7-10-28)26-3-1-2-24(18-26)20-37/h1-3,6-11,18-19,22-23H,4-5,12-17,21H2,(H,38,41). The minimum absolute atomic E-state index is 0.132. The van der Waals surface area contributed by atoms with E-state index in [4.69, 9.17) is 0 Å². The summed E-state index contributed by atoms with van der Waals surface area (Å²) in [5, 5.41) is 11.8. The number of carbonyl (C=O) groups excluding carboxylic acids is 1. The van der Waals surface area contributed by atoms with Gasteiger partial charge in [0, 0.05) is 24.5 Å². The molecule has 2 amide bonds. The number of amides is 2. The molecule has 1 saturated heterocycles. The molecule has 2 fully saturated rings. The lowest BCUT2D eigenvalue weighted by Crippen LogP contribution is -2.39. The molecule has 0 spiro atoms. The highest BCUT2D eigenvalue weighted by atomic mass is 19.4. The number of halogens is 4. The topological polar surface area (TPSA) is 59.4 Å². The Morgan fingerprint density at radius 1 is 0.951 bits per heavy atom. The molecule has 1 aliphatic heterocycles. The van der Waals surface area contributed by atoms with Crippen molar-refractivity contribution in [3.05, 3.63) is 83.7 Å². The van der Waals surface area contributed by atoms with E-state index in [0.29, 0.717) is 35.8 Å². The van der Waals surface area contributed by atoms with Crippen LogP contribution >= 0.6 is 0 Å². The van der Waals surface area contributed by atoms with Crippen LogP contribution in [0.5, 0.6) is 0 Å². The monoisotopic (exact) mass is 564 g/mol. The normalized spacial score (nSPS) is 16.3. The molecular weight excluding hydrogens is 532 g/mol. The van der Waals surface area contributed by atoms with Gasteiger partial charge in [0.25, 0.3) is 0 Å². The van der Waals surface area contributed by atoms with Gasteiger partial charge in [-0.25, -0.2) is 9.18 Å². The van der Waals surface area contributed by atoms with Crippen molar-refractivity contribution in [2.45, 2.75) is 38.3 Å². The SMILES string of the molecule is N#Cc1cccc(-c2ccc(N(CCC3CCN(CC4CC4)CC3)C(=O)Nc3ccc(F)c(C(F)(F)F)c3)cc2)c1. The zero-order chi connectivity index (χ0) is 29.0. The van der Waals surface area contributed by atoms with Crippen LogP contribution in [0.2, 0.25) is 0 Å². The summed E-state index contributed by atoms with van der Waals surface area (Å²) in [5.74, 6) is -0.103. The van der Waals surface area contributed by atoms with Crippen molar-refractivity contribution < 1.29 is 22.4 Å². The molecule has 2 aliphatic rings. The fourth-order valence-electron chi connectivity index (χ4n) is 5.40. The maximum atomic E-state index is 13.8. The maximum Gasteiger partial charge on any atom is 0.419 e. The number of urea groups is 1. The van der Waals surface area contributed by atoms with E-state index in [-0.39, 0.29) is 5.69 Å². The largest absolute Gasteiger partial charge is 0.419 e. The molecule has 214 valence electrons. The molecule has 0 atom stereocenters. The molecule has 1 aliphatic carbocycles. The molecule has 3 aromatic carbocycles. The Morgan fingerprint density at radius 3 is 2.34 bits per heavy atom. The smallest absolute Gasteiger partial charge is 0.308 e. The highest BCUT2D eigenvalue weighted by Crippen LogP contribution is 2.34. The maximum absolute atomic E-state index is 13.8. The van der Waals surface area contributed by atoms with Gasteiger partial charge in [-0.05, 0) is 111 Å². The van der Waals surface area contributed by atoms with Crippen LogP contribution in [0.3, 0.4) is 0 Å². The van der Waals surface area contributed by atoms with Crippen molar-refractivity contribution >= 4 is 17.4 Å². The average molecular weight is 565 g/mol. The van der Waals surface area contributed by atoms with Crippen LogP contribution < -0.4 is 10.2 Å². The van der Waals surface area contributed by atoms with Gasteiger partial charge in [0.05, 0.1) is 17.2 Å². The highest BCUT2D eigenvalue weighted by molar-refractivity contribution is 6.02. The van der Waals surface area contributed by atoms with Crippen LogP contribution in [0.1, 0.15) is 43.2 Å². The van der Waals surface area contributed by atoms with E-state index < -0.39 is 23.6 Å². The van der Waals surface area contributed by atoms with Gasteiger partial charge < -0.3 is 10.2 Å². The van der Waals surface area contributed by atoms with Gasteiger partial charge in [0.15, 0.2) is 0 Å². The molecule has 0 aromatic heterocycles. The number of nitrogens with one attached hydrogen (secondary N) is 1. The van der Waals surface area contributed by atoms with E-state index in [1.54, 1.807) is 30.3 Å². The third kappa shape index (κ3) is 7.44. The summed E-state index contributed by atoms with van der Waals surface area (Å²) in [6.07, 6.45) is 0.619. The number of benzene rings is 3. The second-order valence-electron chi connectivity index (χ2n) is 11.0. The summed E-state index contributed by atoms with van der Waals surface area (Å²) in [7, 11) is 0. The number of hydrogen-bond donors (Lipinski definition) is 1. The van der Waals surface area contributed by atoms with Gasteiger partial charge >= 0.3 is 12.2 Å². The minimum atomic E-state index is -4.88. The second-order valence-corrected chi connectivity index (χ2v) is 11.0. The highest BCUT2D eigenvalue weighted by Gasteiger charge is 2.34. The zero-order valence-electron chi connectivity index (χ0n) is 22.6. The van der Waals surface area contributed by atoms with Gasteiger partial charge in [-0.2, -0.15) is 18.4 Å².